The van der Waals surface area contributed by atoms with E-state index in [1.165, 1.54) is 16.9 Å². The summed E-state index contributed by atoms with van der Waals surface area (Å²) in [4.78, 5) is 13.5. The number of anilines is 1. The van der Waals surface area contributed by atoms with Gasteiger partial charge in [0, 0.05) is 11.3 Å². The van der Waals surface area contributed by atoms with Crippen LogP contribution < -0.4 is 15.4 Å². The minimum absolute atomic E-state index is 0.0371. The molecule has 0 aliphatic heterocycles. The number of thiophene rings is 1. The van der Waals surface area contributed by atoms with Gasteiger partial charge >= 0.3 is 5.97 Å². The molecule has 162 valence electrons. The Balaban J connectivity index is 1.74. The fourth-order valence-corrected chi connectivity index (χ4v) is 4.54. The molecule has 0 saturated heterocycles. The van der Waals surface area contributed by atoms with Crippen molar-refractivity contribution < 1.29 is 14.3 Å². The number of carbonyl (C=O) groups is 1. The summed E-state index contributed by atoms with van der Waals surface area (Å²) < 4.78 is 10.5. The van der Waals surface area contributed by atoms with Gasteiger partial charge in [-0.25, -0.2) is 4.79 Å². The SMILES string of the molecule is CCOC(=O)c1cc(Cc2ccccc2)sc1NC(=S)NC(C)c1cccc(OC)c1. The van der Waals surface area contributed by atoms with Crippen molar-refractivity contribution in [3.05, 3.63) is 82.2 Å². The van der Waals surface area contributed by atoms with Gasteiger partial charge in [-0.1, -0.05) is 42.5 Å². The number of carbonyl (C=O) groups excluding carboxylic acids is 1. The van der Waals surface area contributed by atoms with E-state index < -0.39 is 0 Å². The van der Waals surface area contributed by atoms with Gasteiger partial charge in [0.1, 0.15) is 10.8 Å². The molecule has 1 unspecified atom stereocenters. The molecule has 0 aliphatic rings. The largest absolute Gasteiger partial charge is 0.497 e. The number of thiocarbonyl (C=S) groups is 1. The number of nitrogens with one attached hydrogen (secondary N) is 2. The van der Waals surface area contributed by atoms with Crippen LogP contribution in [0.1, 0.15) is 46.3 Å². The third kappa shape index (κ3) is 6.29. The number of rotatable bonds is 8. The molecule has 5 nitrogen and oxygen atoms in total. The Bertz CT molecular complexity index is 1030. The van der Waals surface area contributed by atoms with Gasteiger partial charge in [-0.15, -0.1) is 11.3 Å². The second kappa shape index (κ2) is 10.9. The number of benzene rings is 2. The predicted octanol–water partition coefficient (Wildman–Crippen LogP) is 5.57. The van der Waals surface area contributed by atoms with Gasteiger partial charge in [-0.05, 0) is 55.4 Å². The first-order chi connectivity index (χ1) is 15.0. The highest BCUT2D eigenvalue weighted by Crippen LogP contribution is 2.31. The van der Waals surface area contributed by atoms with E-state index in [1.54, 1.807) is 14.0 Å². The zero-order chi connectivity index (χ0) is 22.2. The molecule has 7 heteroatoms. The van der Waals surface area contributed by atoms with Crippen molar-refractivity contribution >= 4 is 39.6 Å². The average Bonchev–Trinajstić information content (AvgIpc) is 3.16. The van der Waals surface area contributed by atoms with E-state index in [2.05, 4.69) is 22.8 Å². The van der Waals surface area contributed by atoms with Gasteiger partial charge in [0.2, 0.25) is 0 Å². The van der Waals surface area contributed by atoms with Crippen LogP contribution in [0.4, 0.5) is 5.00 Å². The lowest BCUT2D eigenvalue weighted by molar-refractivity contribution is 0.0528. The molecule has 0 amide bonds. The first-order valence-corrected chi connectivity index (χ1v) is 11.3. The van der Waals surface area contributed by atoms with Crippen molar-refractivity contribution in [2.24, 2.45) is 0 Å². The van der Waals surface area contributed by atoms with E-state index in [4.69, 9.17) is 21.7 Å². The number of hydrogen-bond donors (Lipinski definition) is 2. The summed E-state index contributed by atoms with van der Waals surface area (Å²) >= 11 is 7.03. The third-order valence-corrected chi connectivity index (χ3v) is 5.94. The quantitative estimate of drug-likeness (QED) is 0.343. The summed E-state index contributed by atoms with van der Waals surface area (Å²) in [6.07, 6.45) is 0.736. The molecule has 0 bridgehead atoms. The third-order valence-electron chi connectivity index (χ3n) is 4.67. The predicted molar refractivity (Wildman–Crippen MR) is 130 cm³/mol. The summed E-state index contributed by atoms with van der Waals surface area (Å²) in [5.41, 5.74) is 2.72. The summed E-state index contributed by atoms with van der Waals surface area (Å²) in [5, 5.41) is 7.58. The Labute approximate surface area is 192 Å². The highest BCUT2D eigenvalue weighted by atomic mass is 32.1. The first kappa shape index (κ1) is 22.8. The van der Waals surface area contributed by atoms with Crippen molar-refractivity contribution in [3.8, 4) is 5.75 Å². The molecule has 0 fully saturated rings. The molecule has 0 aliphatic carbocycles. The van der Waals surface area contributed by atoms with E-state index in [0.717, 1.165) is 22.6 Å². The first-order valence-electron chi connectivity index (χ1n) is 10.0. The van der Waals surface area contributed by atoms with E-state index in [1.807, 2.05) is 55.5 Å². The van der Waals surface area contributed by atoms with E-state index >= 15 is 0 Å². The topological polar surface area (TPSA) is 59.6 Å². The molecule has 1 aromatic heterocycles. The molecule has 1 heterocycles. The van der Waals surface area contributed by atoms with Gasteiger partial charge in [0.25, 0.3) is 0 Å². The van der Waals surface area contributed by atoms with E-state index in [-0.39, 0.29) is 12.0 Å². The van der Waals surface area contributed by atoms with Crippen LogP contribution in [0.25, 0.3) is 0 Å². The Hall–Kier alpha value is -2.90. The molecule has 2 N–H and O–H groups in total. The number of hydrogen-bond acceptors (Lipinski definition) is 5. The maximum atomic E-state index is 12.5. The lowest BCUT2D eigenvalue weighted by atomic mass is 10.1. The molecular weight excluding hydrogens is 428 g/mol. The zero-order valence-corrected chi connectivity index (χ0v) is 19.4. The maximum absolute atomic E-state index is 12.5. The second-order valence-corrected chi connectivity index (χ2v) is 8.48. The molecule has 1 atom stereocenters. The Morgan fingerprint density at radius 3 is 2.61 bits per heavy atom. The second-order valence-electron chi connectivity index (χ2n) is 6.94. The molecule has 3 rings (SSSR count). The van der Waals surface area contributed by atoms with Crippen molar-refractivity contribution in [2.75, 3.05) is 19.0 Å². The Morgan fingerprint density at radius 2 is 1.90 bits per heavy atom. The lowest BCUT2D eigenvalue weighted by Gasteiger charge is -2.18. The van der Waals surface area contributed by atoms with Crippen molar-refractivity contribution in [2.45, 2.75) is 26.3 Å². The number of methoxy groups -OCH3 is 1. The van der Waals surface area contributed by atoms with Gasteiger partial charge in [-0.3, -0.25) is 0 Å². The molecule has 2 aromatic carbocycles. The fraction of sp³-hybridized carbons (Fsp3) is 0.250. The van der Waals surface area contributed by atoms with Crippen LogP contribution in [0.15, 0.2) is 60.7 Å². The van der Waals surface area contributed by atoms with Crippen molar-refractivity contribution in [1.82, 2.24) is 5.32 Å². The van der Waals surface area contributed by atoms with Crippen LogP contribution in [0, 0.1) is 0 Å². The van der Waals surface area contributed by atoms with E-state index in [9.17, 15) is 4.79 Å². The van der Waals surface area contributed by atoms with Crippen LogP contribution in [-0.4, -0.2) is 24.8 Å². The minimum Gasteiger partial charge on any atom is -0.497 e. The molecule has 31 heavy (non-hydrogen) atoms. The van der Waals surface area contributed by atoms with Gasteiger partial charge < -0.3 is 20.1 Å². The van der Waals surface area contributed by atoms with Crippen LogP contribution in [0.3, 0.4) is 0 Å². The van der Waals surface area contributed by atoms with E-state index in [0.29, 0.717) is 22.3 Å². The number of esters is 1. The van der Waals surface area contributed by atoms with Crippen molar-refractivity contribution in [1.29, 1.82) is 0 Å². The fourth-order valence-electron chi connectivity index (χ4n) is 3.11. The van der Waals surface area contributed by atoms with Crippen LogP contribution in [0.2, 0.25) is 0 Å². The summed E-state index contributed by atoms with van der Waals surface area (Å²) in [7, 11) is 1.64. The highest BCUT2D eigenvalue weighted by Gasteiger charge is 2.19. The van der Waals surface area contributed by atoms with Crippen LogP contribution in [-0.2, 0) is 11.2 Å². The smallest absolute Gasteiger partial charge is 0.341 e. The standard InChI is InChI=1S/C24H26N2O3S2/c1-4-29-23(27)21-15-20(13-17-9-6-5-7-10-17)31-22(21)26-24(30)25-16(2)18-11-8-12-19(14-18)28-3/h5-12,14-16H,4,13H2,1-3H3,(H2,25,26,30). The summed E-state index contributed by atoms with van der Waals surface area (Å²) in [6.45, 7) is 4.13. The molecule has 0 saturated carbocycles. The number of ether oxygens (including phenoxy) is 2. The normalized spacial score (nSPS) is 11.5. The molecule has 0 spiro atoms. The Kier molecular flexibility index (Phi) is 8.03. The minimum atomic E-state index is -0.357. The molecule has 0 radical (unpaired) electrons. The highest BCUT2D eigenvalue weighted by molar-refractivity contribution is 7.80. The van der Waals surface area contributed by atoms with Gasteiger partial charge in [0.05, 0.1) is 25.3 Å². The zero-order valence-electron chi connectivity index (χ0n) is 17.8. The molecular formula is C24H26N2O3S2. The van der Waals surface area contributed by atoms with Gasteiger partial charge in [0.15, 0.2) is 5.11 Å². The van der Waals surface area contributed by atoms with Crippen molar-refractivity contribution in [3.63, 3.8) is 0 Å². The van der Waals surface area contributed by atoms with Crippen LogP contribution >= 0.6 is 23.6 Å². The Morgan fingerprint density at radius 1 is 1.13 bits per heavy atom. The average molecular weight is 455 g/mol. The maximum Gasteiger partial charge on any atom is 0.341 e. The monoisotopic (exact) mass is 454 g/mol. The van der Waals surface area contributed by atoms with Gasteiger partial charge in [-0.2, -0.15) is 0 Å². The summed E-state index contributed by atoms with van der Waals surface area (Å²) in [6, 6.07) is 19.8. The summed E-state index contributed by atoms with van der Waals surface area (Å²) in [5.74, 6) is 0.433. The molecule has 3 aromatic rings. The van der Waals surface area contributed by atoms with Crippen LogP contribution in [0.5, 0.6) is 5.75 Å². The lowest BCUT2D eigenvalue weighted by Crippen LogP contribution is -2.31.